The first-order valence-corrected chi connectivity index (χ1v) is 6.28. The fraction of sp³-hybridized carbons (Fsp3) is 0.571. The van der Waals surface area contributed by atoms with Crippen molar-refractivity contribution in [3.8, 4) is 5.75 Å². The minimum Gasteiger partial charge on any atom is -0.497 e. The molecule has 1 N–H and O–H groups in total. The van der Waals surface area contributed by atoms with Crippen molar-refractivity contribution in [1.29, 1.82) is 0 Å². The Hall–Kier alpha value is -1.22. The first kappa shape index (κ1) is 12.2. The Bertz CT molecular complexity index is 367. The highest BCUT2D eigenvalue weighted by molar-refractivity contribution is 5.51. The van der Waals surface area contributed by atoms with Gasteiger partial charge in [0.2, 0.25) is 0 Å². The van der Waals surface area contributed by atoms with E-state index < -0.39 is 0 Å². The van der Waals surface area contributed by atoms with Crippen LogP contribution in [0, 0.1) is 5.92 Å². The minimum absolute atomic E-state index is 0.575. The largest absolute Gasteiger partial charge is 0.497 e. The van der Waals surface area contributed by atoms with Crippen LogP contribution in [0.25, 0.3) is 0 Å². The van der Waals surface area contributed by atoms with Crippen LogP contribution in [0.15, 0.2) is 24.3 Å². The monoisotopic (exact) mass is 234 g/mol. The summed E-state index contributed by atoms with van der Waals surface area (Å²) >= 11 is 0. The van der Waals surface area contributed by atoms with Gasteiger partial charge in [0.1, 0.15) is 5.75 Å². The lowest BCUT2D eigenvalue weighted by molar-refractivity contribution is 0.355. The zero-order valence-electron chi connectivity index (χ0n) is 10.9. The van der Waals surface area contributed by atoms with E-state index in [4.69, 9.17) is 4.74 Å². The summed E-state index contributed by atoms with van der Waals surface area (Å²) in [6, 6.07) is 8.84. The molecule has 2 unspecified atom stereocenters. The molecule has 3 heteroatoms. The number of likely N-dealkylation sites (N-methyl/N-ethyl adjacent to an activating group) is 1. The molecule has 1 heterocycles. The maximum absolute atomic E-state index is 5.27. The Morgan fingerprint density at radius 2 is 2.18 bits per heavy atom. The highest BCUT2D eigenvalue weighted by Crippen LogP contribution is 2.24. The van der Waals surface area contributed by atoms with Crippen molar-refractivity contribution in [3.63, 3.8) is 0 Å². The SMILES string of the molecule is COc1cccc(N(C)C2CNCC(C)C2)c1. The zero-order chi connectivity index (χ0) is 12.3. The topological polar surface area (TPSA) is 24.5 Å². The van der Waals surface area contributed by atoms with Gasteiger partial charge in [0, 0.05) is 31.4 Å². The van der Waals surface area contributed by atoms with Gasteiger partial charge in [-0.1, -0.05) is 13.0 Å². The average Bonchev–Trinajstić information content (AvgIpc) is 2.38. The van der Waals surface area contributed by atoms with Gasteiger partial charge in [0.15, 0.2) is 0 Å². The summed E-state index contributed by atoms with van der Waals surface area (Å²) in [6.07, 6.45) is 1.25. The molecule has 17 heavy (non-hydrogen) atoms. The summed E-state index contributed by atoms with van der Waals surface area (Å²) in [4.78, 5) is 2.35. The van der Waals surface area contributed by atoms with Crippen molar-refractivity contribution in [2.75, 3.05) is 32.1 Å². The Kier molecular flexibility index (Phi) is 3.89. The molecular weight excluding hydrogens is 212 g/mol. The molecule has 1 aliphatic heterocycles. The number of benzene rings is 1. The third-order valence-electron chi connectivity index (χ3n) is 3.56. The lowest BCUT2D eigenvalue weighted by Gasteiger charge is -2.36. The van der Waals surface area contributed by atoms with Crippen molar-refractivity contribution in [2.45, 2.75) is 19.4 Å². The molecule has 1 aromatic rings. The van der Waals surface area contributed by atoms with Gasteiger partial charge in [-0.15, -0.1) is 0 Å². The van der Waals surface area contributed by atoms with Gasteiger partial charge in [-0.05, 0) is 31.0 Å². The van der Waals surface area contributed by atoms with Crippen LogP contribution in [-0.2, 0) is 0 Å². The van der Waals surface area contributed by atoms with Crippen LogP contribution in [0.3, 0.4) is 0 Å². The van der Waals surface area contributed by atoms with Gasteiger partial charge in [-0.25, -0.2) is 0 Å². The van der Waals surface area contributed by atoms with Crippen molar-refractivity contribution in [2.24, 2.45) is 5.92 Å². The number of hydrogen-bond acceptors (Lipinski definition) is 3. The molecule has 2 atom stereocenters. The minimum atomic E-state index is 0.575. The molecule has 0 radical (unpaired) electrons. The lowest BCUT2D eigenvalue weighted by atomic mass is 9.96. The van der Waals surface area contributed by atoms with E-state index in [1.165, 1.54) is 12.1 Å². The van der Waals surface area contributed by atoms with E-state index in [0.717, 1.165) is 24.8 Å². The molecule has 3 nitrogen and oxygen atoms in total. The second-order valence-corrected chi connectivity index (χ2v) is 4.97. The Morgan fingerprint density at radius 1 is 1.35 bits per heavy atom. The van der Waals surface area contributed by atoms with Gasteiger partial charge in [-0.3, -0.25) is 0 Å². The number of ether oxygens (including phenoxy) is 1. The molecule has 0 spiro atoms. The molecule has 0 aromatic heterocycles. The van der Waals surface area contributed by atoms with Crippen molar-refractivity contribution in [3.05, 3.63) is 24.3 Å². The molecule has 0 saturated carbocycles. The summed E-state index contributed by atoms with van der Waals surface area (Å²) in [5.41, 5.74) is 1.23. The summed E-state index contributed by atoms with van der Waals surface area (Å²) in [5.74, 6) is 1.67. The van der Waals surface area contributed by atoms with Crippen LogP contribution in [0.5, 0.6) is 5.75 Å². The number of nitrogens with one attached hydrogen (secondary N) is 1. The average molecular weight is 234 g/mol. The predicted molar refractivity (Wildman–Crippen MR) is 71.8 cm³/mol. The molecule has 1 aliphatic rings. The van der Waals surface area contributed by atoms with E-state index in [1.54, 1.807) is 7.11 Å². The van der Waals surface area contributed by atoms with Gasteiger partial charge >= 0.3 is 0 Å². The summed E-state index contributed by atoms with van der Waals surface area (Å²) in [6.45, 7) is 4.51. The van der Waals surface area contributed by atoms with Crippen LogP contribution in [0.4, 0.5) is 5.69 Å². The normalized spacial score (nSPS) is 24.4. The first-order chi connectivity index (χ1) is 8.20. The molecular formula is C14H22N2O. The third kappa shape index (κ3) is 2.91. The van der Waals surface area contributed by atoms with E-state index >= 15 is 0 Å². The van der Waals surface area contributed by atoms with Crippen LogP contribution in [0.1, 0.15) is 13.3 Å². The summed E-state index contributed by atoms with van der Waals surface area (Å²) in [7, 11) is 3.88. The molecule has 0 amide bonds. The number of hydrogen-bond donors (Lipinski definition) is 1. The number of nitrogens with zero attached hydrogens (tertiary/aromatic N) is 1. The molecule has 94 valence electrons. The maximum Gasteiger partial charge on any atom is 0.120 e. The molecule has 0 bridgehead atoms. The predicted octanol–water partition coefficient (Wildman–Crippen LogP) is 2.13. The third-order valence-corrected chi connectivity index (χ3v) is 3.56. The van der Waals surface area contributed by atoms with E-state index in [2.05, 4.69) is 36.3 Å². The van der Waals surface area contributed by atoms with Crippen molar-refractivity contribution >= 4 is 5.69 Å². The van der Waals surface area contributed by atoms with Crippen LogP contribution >= 0.6 is 0 Å². The van der Waals surface area contributed by atoms with Crippen molar-refractivity contribution < 1.29 is 4.74 Å². The van der Waals surface area contributed by atoms with Crippen molar-refractivity contribution in [1.82, 2.24) is 5.32 Å². The van der Waals surface area contributed by atoms with Crippen LogP contribution in [-0.4, -0.2) is 33.3 Å². The quantitative estimate of drug-likeness (QED) is 0.867. The zero-order valence-corrected chi connectivity index (χ0v) is 10.9. The van der Waals surface area contributed by atoms with Crippen LogP contribution in [0.2, 0.25) is 0 Å². The standard InChI is InChI=1S/C14H22N2O/c1-11-7-13(10-15-9-11)16(2)12-5-4-6-14(8-12)17-3/h4-6,8,11,13,15H,7,9-10H2,1-3H3. The molecule has 1 aromatic carbocycles. The Balaban J connectivity index is 2.09. The van der Waals surface area contributed by atoms with E-state index in [0.29, 0.717) is 6.04 Å². The molecule has 0 aliphatic carbocycles. The summed E-state index contributed by atoms with van der Waals surface area (Å²) < 4.78 is 5.27. The molecule has 1 fully saturated rings. The van der Waals surface area contributed by atoms with Gasteiger partial charge in [-0.2, -0.15) is 0 Å². The lowest BCUT2D eigenvalue weighted by Crippen LogP contribution is -2.47. The van der Waals surface area contributed by atoms with E-state index in [-0.39, 0.29) is 0 Å². The molecule has 2 rings (SSSR count). The van der Waals surface area contributed by atoms with Gasteiger partial charge in [0.05, 0.1) is 7.11 Å². The Morgan fingerprint density at radius 3 is 2.88 bits per heavy atom. The highest BCUT2D eigenvalue weighted by atomic mass is 16.5. The number of piperidine rings is 1. The Labute approximate surface area is 104 Å². The summed E-state index contributed by atoms with van der Waals surface area (Å²) in [5, 5.41) is 3.49. The smallest absolute Gasteiger partial charge is 0.120 e. The number of methoxy groups -OCH3 is 1. The first-order valence-electron chi connectivity index (χ1n) is 6.28. The number of anilines is 1. The van der Waals surface area contributed by atoms with Crippen LogP contribution < -0.4 is 15.0 Å². The second kappa shape index (κ2) is 5.41. The molecule has 1 saturated heterocycles. The fourth-order valence-corrected chi connectivity index (χ4v) is 2.46. The number of rotatable bonds is 3. The van der Waals surface area contributed by atoms with E-state index in [9.17, 15) is 0 Å². The fourth-order valence-electron chi connectivity index (χ4n) is 2.46. The van der Waals surface area contributed by atoms with Gasteiger partial charge < -0.3 is 15.0 Å². The maximum atomic E-state index is 5.27. The van der Waals surface area contributed by atoms with E-state index in [1.807, 2.05) is 12.1 Å². The second-order valence-electron chi connectivity index (χ2n) is 4.97. The van der Waals surface area contributed by atoms with Gasteiger partial charge in [0.25, 0.3) is 0 Å². The highest BCUT2D eigenvalue weighted by Gasteiger charge is 2.22.